The molecule has 3 heteroatoms. The molecule has 0 radical (unpaired) electrons. The highest BCUT2D eigenvalue weighted by Crippen LogP contribution is 2.65. The first-order valence-electron chi connectivity index (χ1n) is 9.48. The zero-order valence-corrected chi connectivity index (χ0v) is 14.2. The van der Waals surface area contributed by atoms with Gasteiger partial charge in [-0.25, -0.2) is 0 Å². The van der Waals surface area contributed by atoms with E-state index in [0.29, 0.717) is 29.1 Å². The van der Waals surface area contributed by atoms with Crippen LogP contribution in [0.15, 0.2) is 0 Å². The zero-order valence-electron chi connectivity index (χ0n) is 14.2. The molecule has 4 saturated carbocycles. The summed E-state index contributed by atoms with van der Waals surface area (Å²) in [6.45, 7) is 4.80. The topological polar surface area (TPSA) is 66.5 Å². The minimum absolute atomic E-state index is 0.107. The molecule has 3 nitrogen and oxygen atoms in total. The molecule has 0 aliphatic heterocycles. The monoisotopic (exact) mass is 307 g/mol. The van der Waals surface area contributed by atoms with Gasteiger partial charge in [-0.2, -0.15) is 0 Å². The number of hydrogen-bond donors (Lipinski definition) is 3. The largest absolute Gasteiger partial charge is 0.393 e. The van der Waals surface area contributed by atoms with Crippen LogP contribution in [0, 0.1) is 34.5 Å². The molecule has 22 heavy (non-hydrogen) atoms. The Hall–Kier alpha value is -0.120. The van der Waals surface area contributed by atoms with Gasteiger partial charge in [0.05, 0.1) is 12.2 Å². The predicted octanol–water partition coefficient (Wildman–Crippen LogP) is 2.69. The maximum atomic E-state index is 10.5. The van der Waals surface area contributed by atoms with Crippen molar-refractivity contribution in [3.8, 4) is 0 Å². The molecule has 0 bridgehead atoms. The summed E-state index contributed by atoms with van der Waals surface area (Å²) in [5.74, 6) is 2.51. The smallest absolute Gasteiger partial charge is 0.0596 e. The number of nitrogens with two attached hydrogens (primary N) is 1. The highest BCUT2D eigenvalue weighted by Gasteiger charge is 2.61. The lowest BCUT2D eigenvalue weighted by Gasteiger charge is -2.62. The summed E-state index contributed by atoms with van der Waals surface area (Å²) < 4.78 is 0. The summed E-state index contributed by atoms with van der Waals surface area (Å²) in [5.41, 5.74) is 7.17. The first kappa shape index (κ1) is 15.4. The van der Waals surface area contributed by atoms with Gasteiger partial charge in [-0.3, -0.25) is 0 Å². The van der Waals surface area contributed by atoms with E-state index in [0.717, 1.165) is 38.5 Å². The minimum atomic E-state index is -0.121. The molecule has 0 aromatic carbocycles. The number of fused-ring (bicyclic) bond motifs is 5. The van der Waals surface area contributed by atoms with Crippen molar-refractivity contribution in [3.63, 3.8) is 0 Å². The lowest BCUT2D eigenvalue weighted by molar-refractivity contribution is -0.141. The van der Waals surface area contributed by atoms with Crippen molar-refractivity contribution in [1.29, 1.82) is 0 Å². The summed E-state index contributed by atoms with van der Waals surface area (Å²) in [4.78, 5) is 0. The Labute approximate surface area is 134 Å². The van der Waals surface area contributed by atoms with Crippen LogP contribution in [-0.2, 0) is 0 Å². The second kappa shape index (κ2) is 4.94. The van der Waals surface area contributed by atoms with Gasteiger partial charge in [-0.15, -0.1) is 0 Å². The first-order valence-corrected chi connectivity index (χ1v) is 9.48. The third-order valence-electron chi connectivity index (χ3n) is 8.69. The highest BCUT2D eigenvalue weighted by molar-refractivity contribution is 5.12. The summed E-state index contributed by atoms with van der Waals surface area (Å²) >= 11 is 0. The van der Waals surface area contributed by atoms with E-state index in [-0.39, 0.29) is 23.7 Å². The van der Waals surface area contributed by atoms with E-state index in [9.17, 15) is 10.2 Å². The van der Waals surface area contributed by atoms with Crippen molar-refractivity contribution in [2.24, 2.45) is 40.2 Å². The van der Waals surface area contributed by atoms with E-state index < -0.39 is 0 Å². The lowest BCUT2D eigenvalue weighted by Crippen LogP contribution is -2.60. The summed E-state index contributed by atoms with van der Waals surface area (Å²) in [6.07, 6.45) is 8.47. The third-order valence-corrected chi connectivity index (χ3v) is 8.69. The van der Waals surface area contributed by atoms with Crippen LogP contribution in [0.3, 0.4) is 0 Å². The molecule has 0 aromatic rings. The molecule has 0 heterocycles. The van der Waals surface area contributed by atoms with Crippen LogP contribution < -0.4 is 5.73 Å². The fourth-order valence-electron chi connectivity index (χ4n) is 7.27. The standard InChI is InChI=1S/C19H33NO2/c1-18-7-5-12(21)9-11(18)10-15(20)17-13-3-4-16(22)19(13,2)8-6-14(17)18/h11-17,21-22H,3-10,20H2,1-2H3/t11?,12?,13-,14+,15?,16?,17-,18-,19-/m0/s1. The van der Waals surface area contributed by atoms with Gasteiger partial charge in [0.15, 0.2) is 0 Å². The normalized spacial score (nSPS) is 61.2. The molecule has 0 saturated heterocycles. The molecule has 4 unspecified atom stereocenters. The number of rotatable bonds is 0. The molecular formula is C19H33NO2. The minimum Gasteiger partial charge on any atom is -0.393 e. The number of aliphatic hydroxyl groups is 2. The van der Waals surface area contributed by atoms with Crippen LogP contribution in [0.2, 0.25) is 0 Å². The van der Waals surface area contributed by atoms with Gasteiger partial charge >= 0.3 is 0 Å². The predicted molar refractivity (Wildman–Crippen MR) is 87.1 cm³/mol. The molecule has 4 fully saturated rings. The van der Waals surface area contributed by atoms with E-state index in [1.165, 1.54) is 12.8 Å². The van der Waals surface area contributed by atoms with Gasteiger partial charge in [0.25, 0.3) is 0 Å². The highest BCUT2D eigenvalue weighted by atomic mass is 16.3. The third kappa shape index (κ3) is 1.91. The Balaban J connectivity index is 1.67. The van der Waals surface area contributed by atoms with Gasteiger partial charge in [0.2, 0.25) is 0 Å². The summed E-state index contributed by atoms with van der Waals surface area (Å²) in [6, 6.07) is 0.267. The molecule has 0 aromatic heterocycles. The van der Waals surface area contributed by atoms with Crippen LogP contribution in [0.4, 0.5) is 0 Å². The van der Waals surface area contributed by atoms with Crippen molar-refractivity contribution in [1.82, 2.24) is 0 Å². The van der Waals surface area contributed by atoms with E-state index >= 15 is 0 Å². The van der Waals surface area contributed by atoms with Crippen LogP contribution >= 0.6 is 0 Å². The van der Waals surface area contributed by atoms with Crippen LogP contribution in [-0.4, -0.2) is 28.5 Å². The van der Waals surface area contributed by atoms with Crippen LogP contribution in [0.1, 0.15) is 65.2 Å². The molecule has 0 spiro atoms. The Morgan fingerprint density at radius 2 is 1.55 bits per heavy atom. The molecule has 4 aliphatic carbocycles. The summed E-state index contributed by atoms with van der Waals surface area (Å²) in [5, 5.41) is 20.6. The van der Waals surface area contributed by atoms with Crippen LogP contribution in [0.25, 0.3) is 0 Å². The number of aliphatic hydroxyl groups excluding tert-OH is 2. The Kier molecular flexibility index (Phi) is 3.46. The molecule has 4 rings (SSSR count). The maximum absolute atomic E-state index is 10.5. The molecule has 9 atom stereocenters. The molecule has 126 valence electrons. The zero-order chi connectivity index (χ0) is 15.7. The molecule has 4 N–H and O–H groups in total. The maximum Gasteiger partial charge on any atom is 0.0596 e. The Morgan fingerprint density at radius 3 is 2.32 bits per heavy atom. The number of hydrogen-bond acceptors (Lipinski definition) is 3. The first-order chi connectivity index (χ1) is 10.4. The Morgan fingerprint density at radius 1 is 0.864 bits per heavy atom. The van der Waals surface area contributed by atoms with E-state index in [4.69, 9.17) is 5.73 Å². The lowest BCUT2D eigenvalue weighted by atomic mass is 9.44. The van der Waals surface area contributed by atoms with Crippen molar-refractivity contribution >= 4 is 0 Å². The van der Waals surface area contributed by atoms with Gasteiger partial charge in [0, 0.05) is 6.04 Å². The molecular weight excluding hydrogens is 274 g/mol. The second-order valence-corrected chi connectivity index (χ2v) is 9.46. The Bertz CT molecular complexity index is 455. The van der Waals surface area contributed by atoms with Gasteiger partial charge in [0.1, 0.15) is 0 Å². The molecule has 4 aliphatic rings. The van der Waals surface area contributed by atoms with Crippen molar-refractivity contribution < 1.29 is 10.2 Å². The van der Waals surface area contributed by atoms with Crippen molar-refractivity contribution in [2.45, 2.75) is 83.5 Å². The fourth-order valence-corrected chi connectivity index (χ4v) is 7.27. The van der Waals surface area contributed by atoms with Gasteiger partial charge < -0.3 is 15.9 Å². The average Bonchev–Trinajstić information content (AvgIpc) is 2.77. The summed E-state index contributed by atoms with van der Waals surface area (Å²) in [7, 11) is 0. The van der Waals surface area contributed by atoms with Crippen molar-refractivity contribution in [2.75, 3.05) is 0 Å². The van der Waals surface area contributed by atoms with E-state index in [2.05, 4.69) is 13.8 Å². The second-order valence-electron chi connectivity index (χ2n) is 9.46. The van der Waals surface area contributed by atoms with E-state index in [1.54, 1.807) is 0 Å². The average molecular weight is 307 g/mol. The SMILES string of the molecule is C[C@]12CCC(O)CC1CC(N)[C@@H]1[C@H]2CC[C@]2(C)C(O)CC[C@@H]12. The van der Waals surface area contributed by atoms with Gasteiger partial charge in [-0.1, -0.05) is 13.8 Å². The molecule has 0 amide bonds. The van der Waals surface area contributed by atoms with Crippen LogP contribution in [0.5, 0.6) is 0 Å². The van der Waals surface area contributed by atoms with Crippen molar-refractivity contribution in [3.05, 3.63) is 0 Å². The fraction of sp³-hybridized carbons (Fsp3) is 1.00. The van der Waals surface area contributed by atoms with Gasteiger partial charge in [-0.05, 0) is 85.9 Å². The van der Waals surface area contributed by atoms with E-state index in [1.807, 2.05) is 0 Å². The quantitative estimate of drug-likeness (QED) is 0.644.